The Hall–Kier alpha value is -3.10. The first kappa shape index (κ1) is 15.8. The van der Waals surface area contributed by atoms with Crippen LogP contribution in [-0.4, -0.2) is 10.9 Å². The fourth-order valence-corrected chi connectivity index (χ4v) is 2.44. The second kappa shape index (κ2) is 6.57. The van der Waals surface area contributed by atoms with Gasteiger partial charge in [0.1, 0.15) is 6.07 Å². The fraction of sp³-hybridized carbons (Fsp3) is 0.0556. The Kier molecular flexibility index (Phi) is 4.32. The van der Waals surface area contributed by atoms with E-state index in [0.29, 0.717) is 27.6 Å². The molecule has 6 heteroatoms. The van der Waals surface area contributed by atoms with E-state index in [2.05, 4.69) is 16.4 Å². The van der Waals surface area contributed by atoms with E-state index in [9.17, 15) is 10.1 Å². The van der Waals surface area contributed by atoms with E-state index in [1.165, 1.54) is 6.39 Å². The fourth-order valence-electron chi connectivity index (χ4n) is 2.32. The molecular weight excluding hydrogens is 326 g/mol. The van der Waals surface area contributed by atoms with Crippen LogP contribution in [-0.2, 0) is 0 Å². The molecule has 1 amide bonds. The van der Waals surface area contributed by atoms with Crippen LogP contribution in [0.15, 0.2) is 53.3 Å². The van der Waals surface area contributed by atoms with Crippen molar-refractivity contribution in [2.24, 2.45) is 0 Å². The van der Waals surface area contributed by atoms with Crippen molar-refractivity contribution < 1.29 is 9.21 Å². The monoisotopic (exact) mass is 337 g/mol. The lowest BCUT2D eigenvalue weighted by Gasteiger charge is -2.08. The van der Waals surface area contributed by atoms with Crippen molar-refractivity contribution in [3.8, 4) is 17.4 Å². The molecule has 0 saturated heterocycles. The molecule has 0 aliphatic heterocycles. The van der Waals surface area contributed by atoms with Gasteiger partial charge in [0.2, 0.25) is 0 Å². The molecule has 0 unspecified atom stereocenters. The van der Waals surface area contributed by atoms with Crippen LogP contribution in [0.2, 0.25) is 5.02 Å². The van der Waals surface area contributed by atoms with Crippen LogP contribution in [0.3, 0.4) is 0 Å². The SMILES string of the molecule is Cc1cccc(NC(=O)c2ncoc2-c2ccc(Cl)cc2)c1C#N. The Morgan fingerprint density at radius 2 is 2.00 bits per heavy atom. The summed E-state index contributed by atoms with van der Waals surface area (Å²) >= 11 is 5.87. The molecule has 118 valence electrons. The van der Waals surface area contributed by atoms with Crippen molar-refractivity contribution in [1.29, 1.82) is 5.26 Å². The molecule has 0 atom stereocenters. The van der Waals surface area contributed by atoms with E-state index in [0.717, 1.165) is 5.56 Å². The third-order valence-electron chi connectivity index (χ3n) is 3.52. The summed E-state index contributed by atoms with van der Waals surface area (Å²) < 4.78 is 5.35. The number of anilines is 1. The topological polar surface area (TPSA) is 78.9 Å². The maximum atomic E-state index is 12.5. The molecule has 0 fully saturated rings. The van der Waals surface area contributed by atoms with E-state index in [1.54, 1.807) is 36.4 Å². The van der Waals surface area contributed by atoms with E-state index >= 15 is 0 Å². The molecule has 0 bridgehead atoms. The highest BCUT2D eigenvalue weighted by Crippen LogP contribution is 2.26. The number of hydrogen-bond acceptors (Lipinski definition) is 4. The van der Waals surface area contributed by atoms with Gasteiger partial charge in [0.25, 0.3) is 5.91 Å². The van der Waals surface area contributed by atoms with Crippen LogP contribution in [0.4, 0.5) is 5.69 Å². The quantitative estimate of drug-likeness (QED) is 0.766. The minimum absolute atomic E-state index is 0.141. The Bertz CT molecular complexity index is 940. The van der Waals surface area contributed by atoms with E-state index in [-0.39, 0.29) is 5.69 Å². The summed E-state index contributed by atoms with van der Waals surface area (Å²) in [5, 5.41) is 12.6. The molecule has 0 saturated carbocycles. The zero-order valence-electron chi connectivity index (χ0n) is 12.7. The molecule has 24 heavy (non-hydrogen) atoms. The van der Waals surface area contributed by atoms with Gasteiger partial charge in [0, 0.05) is 10.6 Å². The molecular formula is C18H12ClN3O2. The predicted molar refractivity (Wildman–Crippen MR) is 90.8 cm³/mol. The van der Waals surface area contributed by atoms with Crippen LogP contribution >= 0.6 is 11.6 Å². The highest BCUT2D eigenvalue weighted by molar-refractivity contribution is 6.30. The Morgan fingerprint density at radius 3 is 2.71 bits per heavy atom. The zero-order chi connectivity index (χ0) is 17.1. The number of carbonyl (C=O) groups is 1. The van der Waals surface area contributed by atoms with Crippen LogP contribution in [0, 0.1) is 18.3 Å². The van der Waals surface area contributed by atoms with Crippen LogP contribution in [0.5, 0.6) is 0 Å². The molecule has 3 aromatic rings. The van der Waals surface area contributed by atoms with E-state index in [4.69, 9.17) is 16.0 Å². The normalized spacial score (nSPS) is 10.2. The van der Waals surface area contributed by atoms with Crippen molar-refractivity contribution in [3.63, 3.8) is 0 Å². The average molecular weight is 338 g/mol. The number of aromatic nitrogens is 1. The van der Waals surface area contributed by atoms with E-state index in [1.807, 2.05) is 13.0 Å². The van der Waals surface area contributed by atoms with Gasteiger partial charge < -0.3 is 9.73 Å². The lowest BCUT2D eigenvalue weighted by Crippen LogP contribution is -2.14. The number of benzene rings is 2. The minimum atomic E-state index is -0.448. The van der Waals surface area contributed by atoms with Crippen LogP contribution in [0.25, 0.3) is 11.3 Å². The summed E-state index contributed by atoms with van der Waals surface area (Å²) in [6.07, 6.45) is 1.21. The third-order valence-corrected chi connectivity index (χ3v) is 3.77. The van der Waals surface area contributed by atoms with E-state index < -0.39 is 5.91 Å². The Labute approximate surface area is 143 Å². The number of aryl methyl sites for hydroxylation is 1. The zero-order valence-corrected chi connectivity index (χ0v) is 13.5. The Balaban J connectivity index is 1.93. The number of nitrogens with zero attached hydrogens (tertiary/aromatic N) is 2. The van der Waals surface area contributed by atoms with Crippen molar-refractivity contribution >= 4 is 23.2 Å². The standard InChI is InChI=1S/C18H12ClN3O2/c1-11-3-2-4-15(14(11)9-20)22-18(23)16-17(24-10-21-16)12-5-7-13(19)8-6-12/h2-8,10H,1H3,(H,22,23). The summed E-state index contributed by atoms with van der Waals surface area (Å²) in [6.45, 7) is 1.81. The number of nitrogens with one attached hydrogen (secondary N) is 1. The maximum absolute atomic E-state index is 12.5. The van der Waals surface area contributed by atoms with Crippen molar-refractivity contribution in [2.45, 2.75) is 6.92 Å². The third kappa shape index (κ3) is 3.00. The first-order valence-corrected chi connectivity index (χ1v) is 7.48. The molecule has 3 rings (SSSR count). The summed E-state index contributed by atoms with van der Waals surface area (Å²) in [7, 11) is 0. The smallest absolute Gasteiger partial charge is 0.278 e. The highest BCUT2D eigenvalue weighted by Gasteiger charge is 2.19. The highest BCUT2D eigenvalue weighted by atomic mass is 35.5. The molecule has 0 radical (unpaired) electrons. The van der Waals surface area contributed by atoms with Crippen LogP contribution < -0.4 is 5.32 Å². The van der Waals surface area contributed by atoms with Crippen LogP contribution in [0.1, 0.15) is 21.6 Å². The Morgan fingerprint density at radius 1 is 1.25 bits per heavy atom. The summed E-state index contributed by atoms with van der Waals surface area (Å²) in [5.74, 6) is -0.105. The summed E-state index contributed by atoms with van der Waals surface area (Å²) in [6, 6.07) is 14.2. The molecule has 0 aliphatic carbocycles. The molecule has 0 spiro atoms. The summed E-state index contributed by atoms with van der Waals surface area (Å²) in [5.41, 5.74) is 2.47. The minimum Gasteiger partial charge on any atom is -0.443 e. The lowest BCUT2D eigenvalue weighted by molar-refractivity contribution is 0.102. The second-order valence-corrected chi connectivity index (χ2v) is 5.54. The average Bonchev–Trinajstić information content (AvgIpc) is 3.05. The summed E-state index contributed by atoms with van der Waals surface area (Å²) in [4.78, 5) is 16.5. The largest absolute Gasteiger partial charge is 0.443 e. The van der Waals surface area contributed by atoms with Gasteiger partial charge in [-0.3, -0.25) is 4.79 Å². The van der Waals surface area contributed by atoms with Gasteiger partial charge >= 0.3 is 0 Å². The number of nitriles is 1. The molecule has 1 N–H and O–H groups in total. The number of amides is 1. The molecule has 0 aliphatic rings. The van der Waals surface area contributed by atoms with Crippen molar-refractivity contribution in [3.05, 3.63) is 70.7 Å². The van der Waals surface area contributed by atoms with Gasteiger partial charge in [-0.25, -0.2) is 4.98 Å². The van der Waals surface area contributed by atoms with Gasteiger partial charge in [0.15, 0.2) is 17.8 Å². The lowest BCUT2D eigenvalue weighted by atomic mass is 10.1. The second-order valence-electron chi connectivity index (χ2n) is 5.10. The van der Waals surface area contributed by atoms with Gasteiger partial charge in [-0.05, 0) is 42.8 Å². The number of carbonyl (C=O) groups excluding carboxylic acids is 1. The van der Waals surface area contributed by atoms with Crippen molar-refractivity contribution in [2.75, 3.05) is 5.32 Å². The van der Waals surface area contributed by atoms with Gasteiger partial charge in [-0.2, -0.15) is 5.26 Å². The maximum Gasteiger partial charge on any atom is 0.278 e. The number of hydrogen-bond donors (Lipinski definition) is 1. The molecule has 1 aromatic heterocycles. The molecule has 2 aromatic carbocycles. The molecule has 5 nitrogen and oxygen atoms in total. The first-order valence-electron chi connectivity index (χ1n) is 7.10. The molecule has 1 heterocycles. The van der Waals surface area contributed by atoms with Gasteiger partial charge in [-0.15, -0.1) is 0 Å². The number of oxazole rings is 1. The first-order chi connectivity index (χ1) is 11.6. The van der Waals surface area contributed by atoms with Gasteiger partial charge in [-0.1, -0.05) is 23.7 Å². The number of rotatable bonds is 3. The van der Waals surface area contributed by atoms with Gasteiger partial charge in [0.05, 0.1) is 11.3 Å². The number of halogens is 1. The predicted octanol–water partition coefficient (Wildman–Crippen LogP) is 4.43. The van der Waals surface area contributed by atoms with Crippen molar-refractivity contribution in [1.82, 2.24) is 4.98 Å².